The normalized spacial score (nSPS) is 14.4. The standard InChI is InChI=1S/C23H9Br2F13N2/c24-10-1-3-15-13(7-10)14-8-11(25)2-4-16(14)40(15)12-5-6-39-17(9-12)18(26,27)19(28,29)20(30,31)21(32,33)22(34,35)23(36,37)38/h1-9H. The Balaban J connectivity index is 1.90. The van der Waals surface area contributed by atoms with Gasteiger partial charge in [0.2, 0.25) is 0 Å². The molecule has 0 amide bonds. The summed E-state index contributed by atoms with van der Waals surface area (Å²) in [6.45, 7) is 0. The van der Waals surface area contributed by atoms with E-state index in [9.17, 15) is 57.1 Å². The first-order valence-corrected chi connectivity index (χ1v) is 12.0. The van der Waals surface area contributed by atoms with E-state index in [1.807, 2.05) is 0 Å². The Labute approximate surface area is 231 Å². The van der Waals surface area contributed by atoms with E-state index in [1.54, 1.807) is 12.1 Å². The summed E-state index contributed by atoms with van der Waals surface area (Å²) in [5.74, 6) is -37.7. The first-order chi connectivity index (χ1) is 18.1. The van der Waals surface area contributed by atoms with Crippen molar-refractivity contribution in [3.05, 3.63) is 69.4 Å². The van der Waals surface area contributed by atoms with Crippen molar-refractivity contribution in [1.29, 1.82) is 0 Å². The number of pyridine rings is 1. The minimum absolute atomic E-state index is 0.104. The van der Waals surface area contributed by atoms with E-state index in [-0.39, 0.29) is 17.1 Å². The lowest BCUT2D eigenvalue weighted by molar-refractivity contribution is -0.442. The lowest BCUT2D eigenvalue weighted by atomic mass is 9.92. The Morgan fingerprint density at radius 2 is 1.00 bits per heavy atom. The van der Waals surface area contributed by atoms with E-state index in [4.69, 9.17) is 0 Å². The summed E-state index contributed by atoms with van der Waals surface area (Å²) < 4.78 is 180. The Morgan fingerprint density at radius 3 is 1.45 bits per heavy atom. The van der Waals surface area contributed by atoms with E-state index < -0.39 is 47.2 Å². The molecule has 0 aliphatic heterocycles. The van der Waals surface area contributed by atoms with Crippen molar-refractivity contribution in [1.82, 2.24) is 9.55 Å². The number of nitrogens with zero attached hydrogens (tertiary/aromatic N) is 2. The number of hydrogen-bond acceptors (Lipinski definition) is 1. The van der Waals surface area contributed by atoms with Gasteiger partial charge in [-0.1, -0.05) is 31.9 Å². The van der Waals surface area contributed by atoms with Crippen LogP contribution in [-0.2, 0) is 5.92 Å². The molecule has 0 spiro atoms. The summed E-state index contributed by atoms with van der Waals surface area (Å²) >= 11 is 6.51. The lowest BCUT2D eigenvalue weighted by Crippen LogP contribution is -2.69. The molecular weight excluding hydrogens is 711 g/mol. The molecule has 216 valence electrons. The third-order valence-corrected chi connectivity index (χ3v) is 6.93. The van der Waals surface area contributed by atoms with Gasteiger partial charge < -0.3 is 4.57 Å². The molecule has 40 heavy (non-hydrogen) atoms. The van der Waals surface area contributed by atoms with Crippen molar-refractivity contribution in [2.75, 3.05) is 0 Å². The number of fused-ring (bicyclic) bond motifs is 3. The Kier molecular flexibility index (Phi) is 7.01. The Morgan fingerprint density at radius 1 is 0.550 bits per heavy atom. The van der Waals surface area contributed by atoms with Crippen LogP contribution in [0.5, 0.6) is 0 Å². The molecule has 0 aliphatic carbocycles. The van der Waals surface area contributed by atoms with Gasteiger partial charge in [-0.2, -0.15) is 57.1 Å². The van der Waals surface area contributed by atoms with E-state index in [0.29, 0.717) is 25.9 Å². The van der Waals surface area contributed by atoms with Crippen LogP contribution in [-0.4, -0.2) is 39.4 Å². The Hall–Kier alpha value is -2.56. The number of aromatic nitrogens is 2. The number of hydrogen-bond donors (Lipinski definition) is 0. The third-order valence-electron chi connectivity index (χ3n) is 5.95. The second-order valence-corrected chi connectivity index (χ2v) is 10.3. The number of halogens is 15. The predicted octanol–water partition coefficient (Wildman–Crippen LogP) is 9.90. The van der Waals surface area contributed by atoms with E-state index >= 15 is 0 Å². The van der Waals surface area contributed by atoms with E-state index in [1.165, 1.54) is 28.8 Å². The molecule has 0 unspecified atom stereocenters. The zero-order chi connectivity index (χ0) is 30.3. The fraction of sp³-hybridized carbons (Fsp3) is 0.261. The third kappa shape index (κ3) is 4.17. The van der Waals surface area contributed by atoms with Crippen LogP contribution in [0.3, 0.4) is 0 Å². The van der Waals surface area contributed by atoms with Gasteiger partial charge in [0.15, 0.2) is 0 Å². The summed E-state index contributed by atoms with van der Waals surface area (Å²) in [5, 5.41) is 0.975. The van der Waals surface area contributed by atoms with Crippen molar-refractivity contribution in [2.24, 2.45) is 0 Å². The fourth-order valence-corrected chi connectivity index (χ4v) is 4.63. The minimum atomic E-state index is -7.99. The highest BCUT2D eigenvalue weighted by atomic mass is 79.9. The Bertz CT molecular complexity index is 1550. The second-order valence-electron chi connectivity index (χ2n) is 8.43. The molecule has 4 rings (SSSR count). The van der Waals surface area contributed by atoms with Gasteiger partial charge in [-0.25, -0.2) is 0 Å². The number of benzene rings is 2. The summed E-state index contributed by atoms with van der Waals surface area (Å²) in [6.07, 6.45) is -7.06. The van der Waals surface area contributed by atoms with Crippen molar-refractivity contribution in [3.8, 4) is 5.69 Å². The van der Waals surface area contributed by atoms with Crippen molar-refractivity contribution < 1.29 is 57.1 Å². The maximum Gasteiger partial charge on any atom is 0.460 e. The van der Waals surface area contributed by atoms with Crippen molar-refractivity contribution in [3.63, 3.8) is 0 Å². The average molecular weight is 720 g/mol. The van der Waals surface area contributed by atoms with Crippen LogP contribution in [0.4, 0.5) is 57.1 Å². The van der Waals surface area contributed by atoms with Crippen LogP contribution in [0.2, 0.25) is 0 Å². The molecule has 2 aromatic carbocycles. The van der Waals surface area contributed by atoms with Gasteiger partial charge in [-0.3, -0.25) is 4.98 Å². The smallest absolute Gasteiger partial charge is 0.309 e. The summed E-state index contributed by atoms with van der Waals surface area (Å²) in [7, 11) is 0. The highest BCUT2D eigenvalue weighted by molar-refractivity contribution is 9.10. The summed E-state index contributed by atoms with van der Waals surface area (Å²) in [4.78, 5) is 2.84. The van der Waals surface area contributed by atoms with Crippen LogP contribution >= 0.6 is 31.9 Å². The first kappa shape index (κ1) is 30.4. The van der Waals surface area contributed by atoms with Gasteiger partial charge in [0.25, 0.3) is 0 Å². The van der Waals surface area contributed by atoms with Gasteiger partial charge in [0.05, 0.1) is 11.0 Å². The largest absolute Gasteiger partial charge is 0.460 e. The maximum absolute atomic E-state index is 14.8. The molecule has 0 radical (unpaired) electrons. The van der Waals surface area contributed by atoms with Crippen LogP contribution in [0, 0.1) is 0 Å². The molecule has 0 saturated heterocycles. The molecule has 2 aromatic heterocycles. The summed E-state index contributed by atoms with van der Waals surface area (Å²) in [5.41, 5.74) is -2.19. The molecule has 2 heterocycles. The van der Waals surface area contributed by atoms with Crippen LogP contribution in [0.25, 0.3) is 27.5 Å². The molecular formula is C23H9Br2F13N2. The van der Waals surface area contributed by atoms with Crippen LogP contribution < -0.4 is 0 Å². The quantitative estimate of drug-likeness (QED) is 0.182. The number of alkyl halides is 13. The minimum Gasteiger partial charge on any atom is -0.309 e. The molecule has 0 atom stereocenters. The van der Waals surface area contributed by atoms with Crippen molar-refractivity contribution in [2.45, 2.75) is 35.8 Å². The lowest BCUT2D eigenvalue weighted by Gasteiger charge is -2.39. The van der Waals surface area contributed by atoms with Gasteiger partial charge in [-0.05, 0) is 48.5 Å². The summed E-state index contributed by atoms with van der Waals surface area (Å²) in [6, 6.07) is 10.2. The topological polar surface area (TPSA) is 17.8 Å². The van der Waals surface area contributed by atoms with E-state index in [2.05, 4.69) is 36.8 Å². The fourth-order valence-electron chi connectivity index (χ4n) is 3.91. The molecule has 4 aromatic rings. The average Bonchev–Trinajstić information content (AvgIpc) is 3.15. The molecule has 0 saturated carbocycles. The molecule has 0 N–H and O–H groups in total. The van der Waals surface area contributed by atoms with Gasteiger partial charge in [-0.15, -0.1) is 0 Å². The SMILES string of the molecule is FC(F)(F)C(F)(F)C(F)(F)C(F)(F)C(F)(F)C(F)(F)c1cc(-n2c3ccc(Br)cc3c3cc(Br)ccc32)ccn1. The molecule has 17 heteroatoms. The first-order valence-electron chi connectivity index (χ1n) is 10.4. The van der Waals surface area contributed by atoms with Crippen molar-refractivity contribution >= 4 is 53.7 Å². The van der Waals surface area contributed by atoms with Crippen LogP contribution in [0.15, 0.2) is 63.7 Å². The molecule has 0 fully saturated rings. The monoisotopic (exact) mass is 718 g/mol. The van der Waals surface area contributed by atoms with Gasteiger partial charge in [0.1, 0.15) is 5.69 Å². The molecule has 0 bridgehead atoms. The zero-order valence-corrected chi connectivity index (χ0v) is 21.9. The molecule has 0 aliphatic rings. The van der Waals surface area contributed by atoms with E-state index in [0.717, 1.165) is 6.07 Å². The highest BCUT2D eigenvalue weighted by Crippen LogP contribution is 2.62. The molecule has 2 nitrogen and oxygen atoms in total. The highest BCUT2D eigenvalue weighted by Gasteiger charge is 2.91. The predicted molar refractivity (Wildman–Crippen MR) is 124 cm³/mol. The zero-order valence-electron chi connectivity index (χ0n) is 18.8. The van der Waals surface area contributed by atoms with Gasteiger partial charge >= 0.3 is 35.8 Å². The van der Waals surface area contributed by atoms with Crippen LogP contribution in [0.1, 0.15) is 5.69 Å². The number of rotatable bonds is 6. The second kappa shape index (κ2) is 9.22. The van der Waals surface area contributed by atoms with Gasteiger partial charge in [0, 0.05) is 31.6 Å². The maximum atomic E-state index is 14.8.